The minimum absolute atomic E-state index is 0.389. The van der Waals surface area contributed by atoms with Crippen LogP contribution in [0.1, 0.15) is 11.1 Å². The number of halogens is 2. The van der Waals surface area contributed by atoms with Crippen molar-refractivity contribution in [3.05, 3.63) is 63.6 Å². The van der Waals surface area contributed by atoms with E-state index in [2.05, 4.69) is 15.8 Å². The first-order valence-electron chi connectivity index (χ1n) is 6.62. The van der Waals surface area contributed by atoms with Crippen molar-refractivity contribution >= 4 is 46.9 Å². The lowest BCUT2D eigenvalue weighted by Crippen LogP contribution is -2.32. The quantitative estimate of drug-likeness (QED) is 0.506. The number of aryl methyl sites for hydroxylation is 1. The standard InChI is InChI=1S/C16H13Cl2N3O2/c1-10-3-2-4-13(7-10)20-15(22)16(23)21-19-9-11-5-6-12(17)8-14(11)18/h2-9H,1H3,(H,20,22)(H,21,23). The highest BCUT2D eigenvalue weighted by atomic mass is 35.5. The fourth-order valence-corrected chi connectivity index (χ4v) is 2.19. The number of carbonyl (C=O) groups excluding carboxylic acids is 2. The number of rotatable bonds is 3. The number of hydrogen-bond acceptors (Lipinski definition) is 3. The number of anilines is 1. The Morgan fingerprint density at radius 2 is 1.87 bits per heavy atom. The average Bonchev–Trinajstić information content (AvgIpc) is 2.49. The van der Waals surface area contributed by atoms with Gasteiger partial charge in [-0.2, -0.15) is 5.10 Å². The Labute approximate surface area is 143 Å². The van der Waals surface area contributed by atoms with Gasteiger partial charge in [0.05, 0.1) is 11.2 Å². The zero-order valence-corrected chi connectivity index (χ0v) is 13.7. The van der Waals surface area contributed by atoms with Gasteiger partial charge in [0.2, 0.25) is 0 Å². The summed E-state index contributed by atoms with van der Waals surface area (Å²) in [6, 6.07) is 11.9. The van der Waals surface area contributed by atoms with Gasteiger partial charge in [0, 0.05) is 16.3 Å². The predicted molar refractivity (Wildman–Crippen MR) is 92.0 cm³/mol. The van der Waals surface area contributed by atoms with Crippen LogP contribution in [0.5, 0.6) is 0 Å². The maximum atomic E-state index is 11.7. The first-order chi connectivity index (χ1) is 11.0. The molecule has 5 nitrogen and oxygen atoms in total. The maximum Gasteiger partial charge on any atom is 0.329 e. The lowest BCUT2D eigenvalue weighted by atomic mass is 10.2. The summed E-state index contributed by atoms with van der Waals surface area (Å²) in [5, 5.41) is 7.06. The molecule has 2 aromatic rings. The third-order valence-corrected chi connectivity index (χ3v) is 3.38. The Morgan fingerprint density at radius 3 is 2.57 bits per heavy atom. The van der Waals surface area contributed by atoms with Gasteiger partial charge in [0.15, 0.2) is 0 Å². The summed E-state index contributed by atoms with van der Waals surface area (Å²) in [6.07, 6.45) is 1.33. The summed E-state index contributed by atoms with van der Waals surface area (Å²) in [7, 11) is 0. The van der Waals surface area contributed by atoms with Gasteiger partial charge in [-0.15, -0.1) is 0 Å². The number of nitrogens with zero attached hydrogens (tertiary/aromatic N) is 1. The SMILES string of the molecule is Cc1cccc(NC(=O)C(=O)NN=Cc2ccc(Cl)cc2Cl)c1. The van der Waals surface area contributed by atoms with Gasteiger partial charge in [-0.05, 0) is 36.8 Å². The second-order valence-electron chi connectivity index (χ2n) is 4.69. The summed E-state index contributed by atoms with van der Waals surface area (Å²) in [6.45, 7) is 1.88. The molecule has 23 heavy (non-hydrogen) atoms. The monoisotopic (exact) mass is 349 g/mol. The maximum absolute atomic E-state index is 11.7. The summed E-state index contributed by atoms with van der Waals surface area (Å²) in [5.74, 6) is -1.69. The van der Waals surface area contributed by atoms with Gasteiger partial charge in [-0.3, -0.25) is 9.59 Å². The van der Waals surface area contributed by atoms with E-state index in [-0.39, 0.29) is 0 Å². The van der Waals surface area contributed by atoms with Crippen molar-refractivity contribution in [2.45, 2.75) is 6.92 Å². The number of carbonyl (C=O) groups is 2. The first kappa shape index (κ1) is 17.0. The molecular weight excluding hydrogens is 337 g/mol. The zero-order valence-electron chi connectivity index (χ0n) is 12.1. The van der Waals surface area contributed by atoms with Gasteiger partial charge >= 0.3 is 11.8 Å². The second kappa shape index (κ2) is 7.76. The van der Waals surface area contributed by atoms with Crippen LogP contribution >= 0.6 is 23.2 Å². The molecule has 0 aromatic heterocycles. The highest BCUT2D eigenvalue weighted by Crippen LogP contribution is 2.19. The molecule has 0 aliphatic rings. The Hall–Kier alpha value is -2.37. The van der Waals surface area contributed by atoms with Crippen LogP contribution < -0.4 is 10.7 Å². The molecule has 0 saturated carbocycles. The van der Waals surface area contributed by atoms with E-state index >= 15 is 0 Å². The zero-order chi connectivity index (χ0) is 16.8. The van der Waals surface area contributed by atoms with Crippen molar-refractivity contribution in [2.75, 3.05) is 5.32 Å². The molecule has 0 radical (unpaired) electrons. The lowest BCUT2D eigenvalue weighted by Gasteiger charge is -2.04. The fourth-order valence-electron chi connectivity index (χ4n) is 1.73. The fraction of sp³-hybridized carbons (Fsp3) is 0.0625. The Kier molecular flexibility index (Phi) is 5.73. The molecule has 0 aliphatic heterocycles. The molecule has 0 unspecified atom stereocenters. The summed E-state index contributed by atoms with van der Waals surface area (Å²) in [5.41, 5.74) is 4.21. The van der Waals surface area contributed by atoms with Crippen molar-refractivity contribution in [2.24, 2.45) is 5.10 Å². The largest absolute Gasteiger partial charge is 0.329 e. The third kappa shape index (κ3) is 5.09. The molecule has 118 valence electrons. The van der Waals surface area contributed by atoms with Crippen molar-refractivity contribution in [1.82, 2.24) is 5.43 Å². The van der Waals surface area contributed by atoms with E-state index in [1.807, 2.05) is 13.0 Å². The van der Waals surface area contributed by atoms with E-state index in [0.29, 0.717) is 21.3 Å². The van der Waals surface area contributed by atoms with E-state index in [4.69, 9.17) is 23.2 Å². The second-order valence-corrected chi connectivity index (χ2v) is 5.53. The minimum atomic E-state index is -0.882. The van der Waals surface area contributed by atoms with Crippen LogP contribution in [0.4, 0.5) is 5.69 Å². The van der Waals surface area contributed by atoms with Crippen LogP contribution in [0.15, 0.2) is 47.6 Å². The summed E-state index contributed by atoms with van der Waals surface area (Å²) >= 11 is 11.7. The van der Waals surface area contributed by atoms with Crippen molar-refractivity contribution < 1.29 is 9.59 Å². The predicted octanol–water partition coefficient (Wildman–Crippen LogP) is 3.39. The Bertz CT molecular complexity index is 776. The number of hydrazone groups is 1. The molecule has 0 atom stereocenters. The van der Waals surface area contributed by atoms with Crippen LogP contribution in [-0.2, 0) is 9.59 Å². The molecule has 0 heterocycles. The molecule has 0 aliphatic carbocycles. The molecule has 2 aromatic carbocycles. The minimum Gasteiger partial charge on any atom is -0.318 e. The molecule has 0 saturated heterocycles. The Balaban J connectivity index is 1.93. The van der Waals surface area contributed by atoms with E-state index in [0.717, 1.165) is 5.56 Å². The smallest absolute Gasteiger partial charge is 0.318 e. The highest BCUT2D eigenvalue weighted by molar-refractivity contribution is 6.39. The van der Waals surface area contributed by atoms with Crippen LogP contribution in [0, 0.1) is 6.92 Å². The topological polar surface area (TPSA) is 70.6 Å². The van der Waals surface area contributed by atoms with Gasteiger partial charge < -0.3 is 5.32 Å². The van der Waals surface area contributed by atoms with Crippen LogP contribution in [0.3, 0.4) is 0 Å². The molecule has 7 heteroatoms. The van der Waals surface area contributed by atoms with E-state index in [9.17, 15) is 9.59 Å². The number of benzene rings is 2. The first-order valence-corrected chi connectivity index (χ1v) is 7.37. The molecule has 0 fully saturated rings. The Morgan fingerprint density at radius 1 is 1.09 bits per heavy atom. The van der Waals surface area contributed by atoms with Gasteiger partial charge in [-0.1, -0.05) is 41.4 Å². The van der Waals surface area contributed by atoms with Gasteiger partial charge in [-0.25, -0.2) is 5.43 Å². The molecular formula is C16H13Cl2N3O2. The number of nitrogens with one attached hydrogen (secondary N) is 2. The summed E-state index contributed by atoms with van der Waals surface area (Å²) < 4.78 is 0. The summed E-state index contributed by atoms with van der Waals surface area (Å²) in [4.78, 5) is 23.4. The molecule has 2 N–H and O–H groups in total. The van der Waals surface area contributed by atoms with Crippen molar-refractivity contribution in [3.8, 4) is 0 Å². The average molecular weight is 350 g/mol. The third-order valence-electron chi connectivity index (χ3n) is 2.81. The van der Waals surface area contributed by atoms with Gasteiger partial charge in [0.25, 0.3) is 0 Å². The van der Waals surface area contributed by atoms with E-state index in [1.165, 1.54) is 6.21 Å². The van der Waals surface area contributed by atoms with E-state index in [1.54, 1.807) is 36.4 Å². The van der Waals surface area contributed by atoms with Crippen LogP contribution in [0.2, 0.25) is 10.0 Å². The highest BCUT2D eigenvalue weighted by Gasteiger charge is 2.12. The van der Waals surface area contributed by atoms with Crippen molar-refractivity contribution in [1.29, 1.82) is 0 Å². The van der Waals surface area contributed by atoms with Crippen molar-refractivity contribution in [3.63, 3.8) is 0 Å². The van der Waals surface area contributed by atoms with Gasteiger partial charge in [0.1, 0.15) is 0 Å². The van der Waals surface area contributed by atoms with Crippen LogP contribution in [0.25, 0.3) is 0 Å². The number of amides is 2. The molecule has 2 amide bonds. The molecule has 0 spiro atoms. The number of hydrogen-bond donors (Lipinski definition) is 2. The normalized spacial score (nSPS) is 10.6. The molecule has 0 bridgehead atoms. The van der Waals surface area contributed by atoms with E-state index < -0.39 is 11.8 Å². The van der Waals surface area contributed by atoms with Crippen LogP contribution in [-0.4, -0.2) is 18.0 Å². The lowest BCUT2D eigenvalue weighted by molar-refractivity contribution is -0.136. The molecule has 2 rings (SSSR count).